The molecule has 0 atom stereocenters. The molecule has 0 amide bonds. The van der Waals surface area contributed by atoms with Crippen LogP contribution < -0.4 is 0 Å². The third-order valence-corrected chi connectivity index (χ3v) is 7.45. The molecule has 0 saturated heterocycles. The van der Waals surface area contributed by atoms with Crippen LogP contribution in [-0.4, -0.2) is 9.52 Å². The summed E-state index contributed by atoms with van der Waals surface area (Å²) in [6.45, 7) is 15.4. The van der Waals surface area contributed by atoms with E-state index in [1.165, 1.54) is 73.3 Å². The molecule has 0 N–H and O–H groups in total. The van der Waals surface area contributed by atoms with Gasteiger partial charge in [0, 0.05) is 9.52 Å². The van der Waals surface area contributed by atoms with Crippen LogP contribution in [0.15, 0.2) is 115 Å². The number of aryl methyl sites for hydroxylation is 2. The number of rotatable bonds is 4. The van der Waals surface area contributed by atoms with Gasteiger partial charge in [-0.05, 0) is 35.4 Å². The second kappa shape index (κ2) is 18.1. The van der Waals surface area contributed by atoms with Crippen LogP contribution in [-0.2, 0) is 32.7 Å². The summed E-state index contributed by atoms with van der Waals surface area (Å²) in [6, 6.07) is 42.1. The van der Waals surface area contributed by atoms with Crippen molar-refractivity contribution < 1.29 is 20.8 Å². The Balaban J connectivity index is 0.000000204. The van der Waals surface area contributed by atoms with Crippen molar-refractivity contribution in [2.45, 2.75) is 66.0 Å². The van der Waals surface area contributed by atoms with Crippen LogP contribution in [0.2, 0.25) is 13.1 Å². The van der Waals surface area contributed by atoms with E-state index in [0.717, 1.165) is 9.52 Å². The van der Waals surface area contributed by atoms with Crippen molar-refractivity contribution in [1.29, 1.82) is 0 Å². The molecule has 2 radical (unpaired) electrons. The molecule has 0 aliphatic rings. The van der Waals surface area contributed by atoms with E-state index in [9.17, 15) is 0 Å². The normalized spacial score (nSPS) is 10.6. The molecular formula is C40H44Cl2SiZr. The standard InChI is InChI=1S/2C19H19.C2H6Si.2ClH.Zr/c1-19(2,3)16-12-10-15(11-13-16)18-9-5-7-14-6-4-8-17(14)18;1-3-5-15-12-17-6-4-7-18(19(17)13-15)16-10-8-14(2)9-11-16;1-3-2;;;/h4-13H,1-3H3;4,6-13H,3,5H2,1-2H3;1-2H3;2*1H;/q2*-1;;;;+4/p-2. The fourth-order valence-corrected chi connectivity index (χ4v) is 5.28. The predicted octanol–water partition coefficient (Wildman–Crippen LogP) is 13.2. The zero-order valence-electron chi connectivity index (χ0n) is 27.1. The molecule has 0 aliphatic heterocycles. The molecule has 4 heteroatoms. The van der Waals surface area contributed by atoms with Crippen molar-refractivity contribution in [3.8, 4) is 22.3 Å². The van der Waals surface area contributed by atoms with Gasteiger partial charge in [0.25, 0.3) is 0 Å². The molecule has 0 fully saturated rings. The van der Waals surface area contributed by atoms with E-state index in [0.29, 0.717) is 0 Å². The summed E-state index contributed by atoms with van der Waals surface area (Å²) in [4.78, 5) is 0. The molecule has 6 aromatic rings. The van der Waals surface area contributed by atoms with Gasteiger partial charge in [0.15, 0.2) is 0 Å². The first kappa shape index (κ1) is 36.3. The number of fused-ring (bicyclic) bond motifs is 2. The fraction of sp³-hybridized carbons (Fsp3) is 0.250. The Morgan fingerprint density at radius 1 is 0.727 bits per heavy atom. The van der Waals surface area contributed by atoms with Gasteiger partial charge in [-0.3, -0.25) is 0 Å². The van der Waals surface area contributed by atoms with Gasteiger partial charge in [0.2, 0.25) is 0 Å². The van der Waals surface area contributed by atoms with Gasteiger partial charge < -0.3 is 0 Å². The maximum atomic E-state index is 4.93. The van der Waals surface area contributed by atoms with Crippen LogP contribution in [0, 0.1) is 6.92 Å². The van der Waals surface area contributed by atoms with Gasteiger partial charge >= 0.3 is 37.9 Å². The summed E-state index contributed by atoms with van der Waals surface area (Å²) in [6.07, 6.45) is 2.37. The topological polar surface area (TPSA) is 0 Å². The van der Waals surface area contributed by atoms with Crippen LogP contribution in [0.1, 0.15) is 50.8 Å². The number of hydrogen-bond acceptors (Lipinski definition) is 0. The van der Waals surface area contributed by atoms with Gasteiger partial charge in [-0.15, -0.1) is 63.5 Å². The molecule has 0 saturated carbocycles. The van der Waals surface area contributed by atoms with Crippen molar-refractivity contribution in [2.24, 2.45) is 0 Å². The van der Waals surface area contributed by atoms with Crippen molar-refractivity contribution >= 4 is 48.1 Å². The summed E-state index contributed by atoms with van der Waals surface area (Å²) in [7, 11) is 11.0. The molecule has 0 aliphatic carbocycles. The predicted molar refractivity (Wildman–Crippen MR) is 197 cm³/mol. The van der Waals surface area contributed by atoms with Gasteiger partial charge in [-0.1, -0.05) is 125 Å². The van der Waals surface area contributed by atoms with Crippen LogP contribution >= 0.6 is 17.0 Å². The van der Waals surface area contributed by atoms with Gasteiger partial charge in [-0.2, -0.15) is 18.2 Å². The first-order valence-electron chi connectivity index (χ1n) is 15.2. The van der Waals surface area contributed by atoms with E-state index < -0.39 is 20.8 Å². The fourth-order valence-electron chi connectivity index (χ4n) is 5.28. The summed E-state index contributed by atoms with van der Waals surface area (Å²) in [5.74, 6) is 0. The van der Waals surface area contributed by atoms with Crippen LogP contribution in [0.4, 0.5) is 0 Å². The molecule has 0 heterocycles. The Morgan fingerprint density at radius 3 is 1.80 bits per heavy atom. The Bertz CT molecular complexity index is 1680. The molecule has 44 heavy (non-hydrogen) atoms. The van der Waals surface area contributed by atoms with E-state index in [2.05, 4.69) is 163 Å². The first-order valence-corrected chi connectivity index (χ1v) is 23.5. The van der Waals surface area contributed by atoms with Crippen LogP contribution in [0.3, 0.4) is 0 Å². The SMILES string of the molecule is CC(C)(C)c1ccc(-c2cccc3[cH-]ccc23)cc1.CCCc1cc2c(-c3ccc(C)cc3)cccc2[cH-]1.C[Si]C.[Cl][Zr+2][Cl]. The summed E-state index contributed by atoms with van der Waals surface area (Å²) < 4.78 is 0. The molecular weight excluding hydrogens is 671 g/mol. The molecule has 0 spiro atoms. The Labute approximate surface area is 287 Å². The molecule has 0 bridgehead atoms. The molecule has 6 aromatic carbocycles. The van der Waals surface area contributed by atoms with E-state index in [1.807, 2.05) is 0 Å². The Morgan fingerprint density at radius 2 is 1.25 bits per heavy atom. The zero-order valence-corrected chi connectivity index (χ0v) is 32.1. The molecule has 226 valence electrons. The number of halogens is 2. The first-order chi connectivity index (χ1) is 21.2. The van der Waals surface area contributed by atoms with Crippen LogP contribution in [0.25, 0.3) is 43.8 Å². The molecule has 0 nitrogen and oxygen atoms in total. The summed E-state index contributed by atoms with van der Waals surface area (Å²) >= 11 is -0.826. The quantitative estimate of drug-likeness (QED) is 0.126. The molecule has 6 rings (SSSR count). The van der Waals surface area contributed by atoms with Crippen molar-refractivity contribution in [2.75, 3.05) is 0 Å². The molecule has 0 unspecified atom stereocenters. The van der Waals surface area contributed by atoms with Crippen molar-refractivity contribution in [1.82, 2.24) is 0 Å². The number of hydrogen-bond donors (Lipinski definition) is 0. The van der Waals surface area contributed by atoms with Gasteiger partial charge in [0.05, 0.1) is 0 Å². The van der Waals surface area contributed by atoms with Crippen molar-refractivity contribution in [3.63, 3.8) is 0 Å². The van der Waals surface area contributed by atoms with Gasteiger partial charge in [-0.25, -0.2) is 0 Å². The monoisotopic (exact) mass is 712 g/mol. The van der Waals surface area contributed by atoms with E-state index >= 15 is 0 Å². The minimum absolute atomic E-state index is 0.213. The Hall–Kier alpha value is -2.22. The zero-order chi connectivity index (χ0) is 32.1. The van der Waals surface area contributed by atoms with E-state index in [4.69, 9.17) is 17.0 Å². The third-order valence-electron chi connectivity index (χ3n) is 7.45. The second-order valence-corrected chi connectivity index (χ2v) is 16.8. The summed E-state index contributed by atoms with van der Waals surface area (Å²) in [5, 5.41) is 5.40. The third kappa shape index (κ3) is 10.1. The summed E-state index contributed by atoms with van der Waals surface area (Å²) in [5.41, 5.74) is 9.63. The average molecular weight is 715 g/mol. The Kier molecular flexibility index (Phi) is 14.9. The van der Waals surface area contributed by atoms with Crippen LogP contribution in [0.5, 0.6) is 0 Å². The maximum absolute atomic E-state index is 4.93. The minimum atomic E-state index is -0.826. The van der Waals surface area contributed by atoms with E-state index in [-0.39, 0.29) is 5.41 Å². The molecule has 0 aromatic heterocycles. The van der Waals surface area contributed by atoms with E-state index in [1.54, 1.807) is 0 Å². The average Bonchev–Trinajstić information content (AvgIpc) is 3.66. The second-order valence-electron chi connectivity index (χ2n) is 12.0. The van der Waals surface area contributed by atoms with Crippen molar-refractivity contribution in [3.05, 3.63) is 132 Å². The van der Waals surface area contributed by atoms with Gasteiger partial charge in [0.1, 0.15) is 0 Å². The number of benzene rings is 4.